The van der Waals surface area contributed by atoms with Gasteiger partial charge in [0, 0.05) is 0 Å². The van der Waals surface area contributed by atoms with Crippen molar-refractivity contribution < 1.29 is 14.3 Å². The molecule has 0 aliphatic heterocycles. The van der Waals surface area contributed by atoms with Crippen molar-refractivity contribution in [2.75, 3.05) is 18.6 Å². The fourth-order valence-corrected chi connectivity index (χ4v) is 2.36. The minimum Gasteiger partial charge on any atom is -0.490 e. The van der Waals surface area contributed by atoms with E-state index in [0.717, 1.165) is 22.6 Å². The highest BCUT2D eigenvalue weighted by Crippen LogP contribution is 2.18. The molecular weight excluding hydrogens is 304 g/mol. The first kappa shape index (κ1) is 17.7. The lowest BCUT2D eigenvalue weighted by Gasteiger charge is -2.13. The number of nitrogens with one attached hydrogen (secondary N) is 2. The number of benzene rings is 2. The van der Waals surface area contributed by atoms with Crippen molar-refractivity contribution in [1.82, 2.24) is 5.43 Å². The van der Waals surface area contributed by atoms with Crippen LogP contribution in [0.4, 0.5) is 10.5 Å². The molecule has 24 heavy (non-hydrogen) atoms. The highest BCUT2D eigenvalue weighted by Gasteiger charge is 2.04. The van der Waals surface area contributed by atoms with Gasteiger partial charge in [0.25, 0.3) is 0 Å². The van der Waals surface area contributed by atoms with Crippen LogP contribution in [-0.2, 0) is 4.74 Å². The Morgan fingerprint density at radius 3 is 2.25 bits per heavy atom. The van der Waals surface area contributed by atoms with Crippen LogP contribution in [-0.4, -0.2) is 19.3 Å². The summed E-state index contributed by atoms with van der Waals surface area (Å²) in [5.41, 5.74) is 10.7. The van der Waals surface area contributed by atoms with Crippen LogP contribution in [0.15, 0.2) is 36.4 Å². The van der Waals surface area contributed by atoms with E-state index in [9.17, 15) is 4.79 Å². The monoisotopic (exact) mass is 328 g/mol. The third-order valence-corrected chi connectivity index (χ3v) is 3.59. The standard InChI is InChI=1S/C19H24N2O3/c1-13-5-7-17(15(3)11-13)20-21-19(22)24-10-9-23-18-8-6-14(2)12-16(18)4/h5-8,11-12,20H,9-10H2,1-4H3,(H,21,22). The van der Waals surface area contributed by atoms with E-state index in [1.54, 1.807) is 0 Å². The Balaban J connectivity index is 1.69. The number of aryl methyl sites for hydroxylation is 4. The summed E-state index contributed by atoms with van der Waals surface area (Å²) in [5, 5.41) is 0. The van der Waals surface area contributed by atoms with Gasteiger partial charge >= 0.3 is 6.09 Å². The first-order valence-corrected chi connectivity index (χ1v) is 7.92. The van der Waals surface area contributed by atoms with Crippen molar-refractivity contribution in [1.29, 1.82) is 0 Å². The maximum Gasteiger partial charge on any atom is 0.426 e. The van der Waals surface area contributed by atoms with E-state index in [1.165, 1.54) is 11.1 Å². The van der Waals surface area contributed by atoms with E-state index in [-0.39, 0.29) is 6.61 Å². The predicted molar refractivity (Wildman–Crippen MR) is 95.4 cm³/mol. The molecule has 0 saturated carbocycles. The van der Waals surface area contributed by atoms with Crippen LogP contribution < -0.4 is 15.6 Å². The molecule has 0 spiro atoms. The molecule has 2 aromatic rings. The number of amides is 1. The minimum absolute atomic E-state index is 0.174. The van der Waals surface area contributed by atoms with Crippen LogP contribution in [0.2, 0.25) is 0 Å². The van der Waals surface area contributed by atoms with E-state index in [4.69, 9.17) is 9.47 Å². The molecule has 5 nitrogen and oxygen atoms in total. The maximum atomic E-state index is 11.7. The summed E-state index contributed by atoms with van der Waals surface area (Å²) < 4.78 is 10.7. The Labute approximate surface area is 143 Å². The predicted octanol–water partition coefficient (Wildman–Crippen LogP) is 4.05. The lowest BCUT2D eigenvalue weighted by Crippen LogP contribution is -2.31. The second-order valence-corrected chi connectivity index (χ2v) is 5.82. The van der Waals surface area contributed by atoms with Gasteiger partial charge in [-0.15, -0.1) is 0 Å². The van der Waals surface area contributed by atoms with E-state index >= 15 is 0 Å². The quantitative estimate of drug-likeness (QED) is 0.620. The van der Waals surface area contributed by atoms with Gasteiger partial charge in [0.15, 0.2) is 0 Å². The molecule has 128 valence electrons. The Kier molecular flexibility index (Phi) is 6.07. The maximum absolute atomic E-state index is 11.7. The molecular formula is C19H24N2O3. The zero-order valence-corrected chi connectivity index (χ0v) is 14.6. The minimum atomic E-state index is -0.542. The van der Waals surface area contributed by atoms with Gasteiger partial charge in [0.1, 0.15) is 19.0 Å². The third kappa shape index (κ3) is 5.19. The van der Waals surface area contributed by atoms with Crippen LogP contribution in [0.3, 0.4) is 0 Å². The summed E-state index contributed by atoms with van der Waals surface area (Å²) in [6.07, 6.45) is -0.542. The Hall–Kier alpha value is -2.69. The van der Waals surface area contributed by atoms with E-state index in [2.05, 4.69) is 16.9 Å². The molecule has 0 unspecified atom stereocenters. The lowest BCUT2D eigenvalue weighted by atomic mass is 10.1. The van der Waals surface area contributed by atoms with Gasteiger partial charge in [-0.05, 0) is 51.0 Å². The fourth-order valence-electron chi connectivity index (χ4n) is 2.36. The topological polar surface area (TPSA) is 59.6 Å². The van der Waals surface area contributed by atoms with Gasteiger partial charge in [-0.25, -0.2) is 10.2 Å². The van der Waals surface area contributed by atoms with Gasteiger partial charge in [-0.2, -0.15) is 0 Å². The summed E-state index contributed by atoms with van der Waals surface area (Å²) in [7, 11) is 0. The zero-order chi connectivity index (χ0) is 17.5. The van der Waals surface area contributed by atoms with Crippen molar-refractivity contribution in [3.8, 4) is 5.75 Å². The number of ether oxygens (including phenoxy) is 2. The highest BCUT2D eigenvalue weighted by atomic mass is 16.6. The van der Waals surface area contributed by atoms with E-state index in [1.807, 2.05) is 58.0 Å². The van der Waals surface area contributed by atoms with Crippen molar-refractivity contribution in [3.05, 3.63) is 58.7 Å². The van der Waals surface area contributed by atoms with Crippen molar-refractivity contribution >= 4 is 11.8 Å². The molecule has 0 aliphatic carbocycles. The SMILES string of the molecule is Cc1ccc(NNC(=O)OCCOc2ccc(C)cc2C)c(C)c1. The summed E-state index contributed by atoms with van der Waals surface area (Å²) in [6, 6.07) is 11.9. The first-order chi connectivity index (χ1) is 11.5. The Morgan fingerprint density at radius 1 is 0.917 bits per heavy atom. The molecule has 0 radical (unpaired) electrons. The average molecular weight is 328 g/mol. The molecule has 0 saturated heterocycles. The van der Waals surface area contributed by atoms with Crippen molar-refractivity contribution in [3.63, 3.8) is 0 Å². The number of anilines is 1. The fraction of sp³-hybridized carbons (Fsp3) is 0.316. The van der Waals surface area contributed by atoms with Gasteiger partial charge in [0.05, 0.1) is 5.69 Å². The van der Waals surface area contributed by atoms with Crippen LogP contribution in [0.25, 0.3) is 0 Å². The zero-order valence-electron chi connectivity index (χ0n) is 14.6. The Bertz CT molecular complexity index is 714. The van der Waals surface area contributed by atoms with Crippen LogP contribution in [0.1, 0.15) is 22.3 Å². The van der Waals surface area contributed by atoms with Gasteiger partial charge < -0.3 is 9.47 Å². The summed E-state index contributed by atoms with van der Waals surface area (Å²) in [6.45, 7) is 8.50. The molecule has 5 heteroatoms. The van der Waals surface area contributed by atoms with Crippen LogP contribution in [0, 0.1) is 27.7 Å². The van der Waals surface area contributed by atoms with Crippen LogP contribution >= 0.6 is 0 Å². The molecule has 0 bridgehead atoms. The van der Waals surface area contributed by atoms with Gasteiger partial charge in [-0.3, -0.25) is 5.43 Å². The van der Waals surface area contributed by atoms with Crippen LogP contribution in [0.5, 0.6) is 5.75 Å². The molecule has 0 atom stereocenters. The summed E-state index contributed by atoms with van der Waals surface area (Å²) in [5.74, 6) is 0.804. The highest BCUT2D eigenvalue weighted by molar-refractivity contribution is 5.69. The molecule has 2 rings (SSSR count). The smallest absolute Gasteiger partial charge is 0.426 e. The molecule has 0 fully saturated rings. The molecule has 0 aromatic heterocycles. The number of hydrogen-bond acceptors (Lipinski definition) is 4. The van der Waals surface area contributed by atoms with Gasteiger partial charge in [0.2, 0.25) is 0 Å². The van der Waals surface area contributed by atoms with E-state index < -0.39 is 6.09 Å². The lowest BCUT2D eigenvalue weighted by molar-refractivity contribution is 0.126. The molecule has 2 aromatic carbocycles. The largest absolute Gasteiger partial charge is 0.490 e. The second-order valence-electron chi connectivity index (χ2n) is 5.82. The van der Waals surface area contributed by atoms with Gasteiger partial charge in [-0.1, -0.05) is 35.4 Å². The molecule has 0 aliphatic rings. The second kappa shape index (κ2) is 8.24. The average Bonchev–Trinajstić information content (AvgIpc) is 2.52. The number of hydrogen-bond donors (Lipinski definition) is 2. The summed E-state index contributed by atoms with van der Waals surface area (Å²) in [4.78, 5) is 11.7. The Morgan fingerprint density at radius 2 is 1.58 bits per heavy atom. The van der Waals surface area contributed by atoms with E-state index in [0.29, 0.717) is 6.61 Å². The number of carbonyl (C=O) groups excluding carboxylic acids is 1. The van der Waals surface area contributed by atoms with Crippen molar-refractivity contribution in [2.24, 2.45) is 0 Å². The number of rotatable bonds is 6. The molecule has 2 N–H and O–H groups in total. The number of hydrazine groups is 1. The van der Waals surface area contributed by atoms with Crippen molar-refractivity contribution in [2.45, 2.75) is 27.7 Å². The molecule has 0 heterocycles. The summed E-state index contributed by atoms with van der Waals surface area (Å²) >= 11 is 0. The third-order valence-electron chi connectivity index (χ3n) is 3.59. The number of carbonyl (C=O) groups is 1. The molecule has 1 amide bonds. The normalized spacial score (nSPS) is 10.2. The first-order valence-electron chi connectivity index (χ1n) is 7.92.